The molecule has 2 aliphatic rings. The maximum atomic E-state index is 13.3. The summed E-state index contributed by atoms with van der Waals surface area (Å²) in [6, 6.07) is 5.51. The Kier molecular flexibility index (Phi) is 4.36. The summed E-state index contributed by atoms with van der Waals surface area (Å²) >= 11 is 7.60. The van der Waals surface area contributed by atoms with Crippen molar-refractivity contribution in [3.63, 3.8) is 0 Å². The summed E-state index contributed by atoms with van der Waals surface area (Å²) in [6.07, 6.45) is 0.958. The molecule has 2 aliphatic heterocycles. The van der Waals surface area contributed by atoms with Crippen molar-refractivity contribution < 1.29 is 9.59 Å². The number of hydrogen-bond donors (Lipinski definition) is 0. The Morgan fingerprint density at radius 1 is 1.48 bits per heavy atom. The molecule has 1 aromatic rings. The van der Waals surface area contributed by atoms with Gasteiger partial charge in [0, 0.05) is 29.4 Å². The third kappa shape index (κ3) is 2.64. The number of fused-ring (bicyclic) bond motifs is 3. The molecular weight excluding hydrogens is 332 g/mol. The van der Waals surface area contributed by atoms with Crippen LogP contribution in [0.1, 0.15) is 33.6 Å². The number of carbonyl (C=O) groups excluding carboxylic acids is 2. The monoisotopic (exact) mass is 352 g/mol. The first kappa shape index (κ1) is 16.7. The molecule has 2 heterocycles. The molecule has 1 atom stereocenters. The van der Waals surface area contributed by atoms with E-state index in [1.165, 1.54) is 11.8 Å². The minimum absolute atomic E-state index is 0.00691. The summed E-state index contributed by atoms with van der Waals surface area (Å²) in [5.41, 5.74) is 0.777. The lowest BCUT2D eigenvalue weighted by molar-refractivity contribution is -0.134. The van der Waals surface area contributed by atoms with Gasteiger partial charge in [-0.05, 0) is 37.5 Å². The van der Waals surface area contributed by atoms with E-state index in [1.807, 2.05) is 24.0 Å². The van der Waals surface area contributed by atoms with Gasteiger partial charge in [-0.1, -0.05) is 37.2 Å². The van der Waals surface area contributed by atoms with Crippen molar-refractivity contribution in [2.75, 3.05) is 18.0 Å². The third-order valence-corrected chi connectivity index (χ3v) is 6.02. The van der Waals surface area contributed by atoms with Crippen LogP contribution < -0.4 is 4.90 Å². The quantitative estimate of drug-likeness (QED) is 0.828. The average Bonchev–Trinajstić information content (AvgIpc) is 3.00. The van der Waals surface area contributed by atoms with E-state index in [1.54, 1.807) is 11.0 Å². The predicted octanol–water partition coefficient (Wildman–Crippen LogP) is 3.77. The van der Waals surface area contributed by atoms with Crippen LogP contribution >= 0.6 is 23.4 Å². The maximum absolute atomic E-state index is 13.3. The van der Waals surface area contributed by atoms with E-state index in [0.717, 1.165) is 10.6 Å². The minimum Gasteiger partial charge on any atom is -0.340 e. The highest BCUT2D eigenvalue weighted by Gasteiger charge is 2.58. The van der Waals surface area contributed by atoms with Crippen LogP contribution in [-0.2, 0) is 9.59 Å². The van der Waals surface area contributed by atoms with Crippen LogP contribution in [-0.4, -0.2) is 34.7 Å². The lowest BCUT2D eigenvalue weighted by atomic mass is 10.1. The van der Waals surface area contributed by atoms with E-state index >= 15 is 0 Å². The molecule has 2 amide bonds. The Hall–Kier alpha value is -1.20. The van der Waals surface area contributed by atoms with Gasteiger partial charge in [-0.3, -0.25) is 14.5 Å². The van der Waals surface area contributed by atoms with Crippen molar-refractivity contribution in [2.24, 2.45) is 5.92 Å². The van der Waals surface area contributed by atoms with Crippen LogP contribution in [0.5, 0.6) is 0 Å². The fourth-order valence-corrected chi connectivity index (χ4v) is 4.98. The van der Waals surface area contributed by atoms with Crippen LogP contribution in [0.25, 0.3) is 0 Å². The number of thioether (sulfide) groups is 1. The summed E-state index contributed by atoms with van der Waals surface area (Å²) in [6.45, 7) is 7.54. The number of benzene rings is 1. The van der Waals surface area contributed by atoms with Crippen LogP contribution in [0.4, 0.5) is 5.69 Å². The van der Waals surface area contributed by atoms with Gasteiger partial charge in [0.25, 0.3) is 5.91 Å². The number of hydrogen-bond acceptors (Lipinski definition) is 3. The van der Waals surface area contributed by atoms with Crippen molar-refractivity contribution in [1.29, 1.82) is 0 Å². The molecule has 4 nitrogen and oxygen atoms in total. The molecule has 0 saturated carbocycles. The second-order valence-corrected chi connectivity index (χ2v) is 8.22. The van der Waals surface area contributed by atoms with E-state index in [4.69, 9.17) is 11.6 Å². The first-order valence-electron chi connectivity index (χ1n) is 8.00. The lowest BCUT2D eigenvalue weighted by Crippen LogP contribution is -2.54. The lowest BCUT2D eigenvalue weighted by Gasteiger charge is -2.35. The van der Waals surface area contributed by atoms with Crippen LogP contribution in [0.15, 0.2) is 23.1 Å². The molecule has 0 spiro atoms. The zero-order valence-corrected chi connectivity index (χ0v) is 15.2. The summed E-state index contributed by atoms with van der Waals surface area (Å²) in [5, 5.41) is 0.585. The number of carbonyl (C=O) groups is 2. The topological polar surface area (TPSA) is 40.6 Å². The summed E-state index contributed by atoms with van der Waals surface area (Å²) < 4.78 is 0. The standard InChI is InChI=1S/C17H21ClN2O2S/c1-4-19(10-11(2)3)16(22)17-8-7-15(21)20(17)13-9-12(18)5-6-14(13)23-17/h5-6,9,11H,4,7-8,10H2,1-3H3/t17-/m0/s1. The number of rotatable bonds is 4. The Bertz CT molecular complexity index is 664. The Balaban J connectivity index is 2.00. The highest BCUT2D eigenvalue weighted by Crippen LogP contribution is 2.56. The van der Waals surface area contributed by atoms with Gasteiger partial charge in [-0.25, -0.2) is 0 Å². The number of halogens is 1. The van der Waals surface area contributed by atoms with Crippen molar-refractivity contribution in [2.45, 2.75) is 43.4 Å². The molecule has 1 saturated heterocycles. The molecular formula is C17H21ClN2O2S. The molecule has 0 aromatic heterocycles. The normalized spacial score (nSPS) is 22.5. The average molecular weight is 353 g/mol. The summed E-state index contributed by atoms with van der Waals surface area (Å²) in [4.78, 5) is 29.5. The minimum atomic E-state index is -0.824. The van der Waals surface area contributed by atoms with Crippen LogP contribution in [0.3, 0.4) is 0 Å². The van der Waals surface area contributed by atoms with Gasteiger partial charge >= 0.3 is 0 Å². The fraction of sp³-hybridized carbons (Fsp3) is 0.529. The van der Waals surface area contributed by atoms with Gasteiger partial charge < -0.3 is 4.90 Å². The number of nitrogens with zero attached hydrogens (tertiary/aromatic N) is 2. The second kappa shape index (κ2) is 6.02. The molecule has 23 heavy (non-hydrogen) atoms. The second-order valence-electron chi connectivity index (χ2n) is 6.47. The Morgan fingerprint density at radius 3 is 2.87 bits per heavy atom. The van der Waals surface area contributed by atoms with Gasteiger partial charge in [-0.15, -0.1) is 0 Å². The first-order valence-corrected chi connectivity index (χ1v) is 9.19. The molecule has 0 N–H and O–H groups in total. The molecule has 1 aromatic carbocycles. The summed E-state index contributed by atoms with van der Waals surface area (Å²) in [5.74, 6) is 0.438. The highest BCUT2D eigenvalue weighted by molar-refractivity contribution is 8.02. The van der Waals surface area contributed by atoms with Crippen LogP contribution in [0, 0.1) is 5.92 Å². The molecule has 0 unspecified atom stereocenters. The zero-order valence-electron chi connectivity index (χ0n) is 13.6. The Labute approximate surface area is 146 Å². The van der Waals surface area contributed by atoms with Gasteiger partial charge in [-0.2, -0.15) is 0 Å². The van der Waals surface area contributed by atoms with E-state index in [0.29, 0.717) is 36.9 Å². The van der Waals surface area contributed by atoms with E-state index < -0.39 is 4.87 Å². The molecule has 3 rings (SSSR count). The largest absolute Gasteiger partial charge is 0.340 e. The highest BCUT2D eigenvalue weighted by atomic mass is 35.5. The van der Waals surface area contributed by atoms with Gasteiger partial charge in [0.15, 0.2) is 4.87 Å². The van der Waals surface area contributed by atoms with Gasteiger partial charge in [0.05, 0.1) is 5.69 Å². The molecule has 1 fully saturated rings. The SMILES string of the molecule is CCN(CC(C)C)C(=O)[C@@]12CCC(=O)N1c1cc(Cl)ccc1S2. The smallest absolute Gasteiger partial charge is 0.259 e. The number of amides is 2. The number of likely N-dealkylation sites (N-methyl/N-ethyl adjacent to an activating group) is 1. The van der Waals surface area contributed by atoms with E-state index in [9.17, 15) is 9.59 Å². The predicted molar refractivity (Wildman–Crippen MR) is 93.9 cm³/mol. The van der Waals surface area contributed by atoms with Gasteiger partial charge in [0.1, 0.15) is 0 Å². The molecule has 0 radical (unpaired) electrons. The maximum Gasteiger partial charge on any atom is 0.259 e. The van der Waals surface area contributed by atoms with Gasteiger partial charge in [0.2, 0.25) is 5.91 Å². The van der Waals surface area contributed by atoms with E-state index in [-0.39, 0.29) is 11.8 Å². The van der Waals surface area contributed by atoms with Crippen molar-refractivity contribution >= 4 is 40.9 Å². The van der Waals surface area contributed by atoms with E-state index in [2.05, 4.69) is 13.8 Å². The van der Waals surface area contributed by atoms with Crippen molar-refractivity contribution in [3.05, 3.63) is 23.2 Å². The third-order valence-electron chi connectivity index (χ3n) is 4.32. The van der Waals surface area contributed by atoms with Crippen molar-refractivity contribution in [3.8, 4) is 0 Å². The molecule has 6 heteroatoms. The molecule has 0 aliphatic carbocycles. The number of anilines is 1. The fourth-order valence-electron chi connectivity index (χ4n) is 3.35. The molecule has 0 bridgehead atoms. The summed E-state index contributed by atoms with van der Waals surface area (Å²) in [7, 11) is 0. The van der Waals surface area contributed by atoms with Crippen LogP contribution in [0.2, 0.25) is 5.02 Å². The zero-order chi connectivity index (χ0) is 16.8. The Morgan fingerprint density at radius 2 is 2.22 bits per heavy atom. The molecule has 124 valence electrons. The first-order chi connectivity index (χ1) is 10.9. The van der Waals surface area contributed by atoms with Crippen molar-refractivity contribution in [1.82, 2.24) is 4.90 Å².